The quantitative estimate of drug-likeness (QED) is 0.453. The Hall–Kier alpha value is -4.47. The molecule has 0 aliphatic heterocycles. The monoisotopic (exact) mass is 429 g/mol. The van der Waals surface area contributed by atoms with E-state index in [1.54, 1.807) is 29.8 Å². The molecule has 10 nitrogen and oxygen atoms in total. The summed E-state index contributed by atoms with van der Waals surface area (Å²) >= 11 is 0. The first-order valence-electron chi connectivity index (χ1n) is 9.88. The van der Waals surface area contributed by atoms with Crippen LogP contribution in [-0.4, -0.2) is 35.4 Å². The van der Waals surface area contributed by atoms with E-state index >= 15 is 0 Å². The highest BCUT2D eigenvalue weighted by molar-refractivity contribution is 6.01. The van der Waals surface area contributed by atoms with Gasteiger partial charge in [0.05, 0.1) is 23.8 Å². The topological polar surface area (TPSA) is 124 Å². The Morgan fingerprint density at radius 1 is 1.12 bits per heavy atom. The van der Waals surface area contributed by atoms with Crippen molar-refractivity contribution < 1.29 is 9.21 Å². The van der Waals surface area contributed by atoms with Gasteiger partial charge < -0.3 is 9.73 Å². The summed E-state index contributed by atoms with van der Waals surface area (Å²) in [5.74, 6) is 0.195. The van der Waals surface area contributed by atoms with E-state index < -0.39 is 5.91 Å². The predicted octanol–water partition coefficient (Wildman–Crippen LogP) is 3.07. The average Bonchev–Trinajstić information content (AvgIpc) is 3.48. The Labute approximate surface area is 181 Å². The van der Waals surface area contributed by atoms with Crippen LogP contribution >= 0.6 is 0 Å². The molecular weight excluding hydrogens is 410 g/mol. The number of carbonyl (C=O) groups is 1. The molecule has 0 aliphatic rings. The lowest BCUT2D eigenvalue weighted by atomic mass is 10.1. The highest BCUT2D eigenvalue weighted by atomic mass is 16.3. The minimum absolute atomic E-state index is 0.150. The van der Waals surface area contributed by atoms with Crippen molar-refractivity contribution in [1.29, 1.82) is 0 Å². The number of nitrogens with one attached hydrogen (secondary N) is 2. The first-order chi connectivity index (χ1) is 15.4. The van der Waals surface area contributed by atoms with Crippen LogP contribution in [0.4, 0.5) is 5.82 Å². The molecule has 0 aliphatic carbocycles. The van der Waals surface area contributed by atoms with Gasteiger partial charge >= 0.3 is 0 Å². The maximum atomic E-state index is 12.8. The van der Waals surface area contributed by atoms with Crippen LogP contribution in [0.5, 0.6) is 0 Å². The molecule has 0 bridgehead atoms. The Morgan fingerprint density at radius 3 is 2.72 bits per heavy atom. The zero-order chi connectivity index (χ0) is 22.4. The Bertz CT molecular complexity index is 1520. The van der Waals surface area contributed by atoms with Crippen LogP contribution in [0, 0.1) is 20.8 Å². The molecular formula is C22H19N7O3. The smallest absolute Gasteiger partial charge is 0.292 e. The molecule has 10 heteroatoms. The molecule has 0 radical (unpaired) electrons. The Kier molecular flexibility index (Phi) is 4.47. The van der Waals surface area contributed by atoms with E-state index in [1.807, 2.05) is 32.0 Å². The van der Waals surface area contributed by atoms with E-state index in [1.165, 1.54) is 17.1 Å². The Morgan fingerprint density at radius 2 is 1.97 bits per heavy atom. The molecule has 0 unspecified atom stereocenters. The Balaban J connectivity index is 1.63. The van der Waals surface area contributed by atoms with Gasteiger partial charge in [-0.1, -0.05) is 17.7 Å². The van der Waals surface area contributed by atoms with Crippen molar-refractivity contribution in [2.45, 2.75) is 20.8 Å². The van der Waals surface area contributed by atoms with E-state index in [0.717, 1.165) is 16.8 Å². The lowest BCUT2D eigenvalue weighted by molar-refractivity contribution is 0.0996. The van der Waals surface area contributed by atoms with Gasteiger partial charge in [0, 0.05) is 6.07 Å². The van der Waals surface area contributed by atoms with Crippen LogP contribution in [0.15, 0.2) is 58.1 Å². The lowest BCUT2D eigenvalue weighted by Crippen LogP contribution is -2.19. The minimum atomic E-state index is -0.445. The van der Waals surface area contributed by atoms with Crippen LogP contribution in [0.1, 0.15) is 27.4 Å². The minimum Gasteiger partial charge on any atom is -0.459 e. The molecule has 5 rings (SSSR count). The molecule has 0 spiro atoms. The van der Waals surface area contributed by atoms with Gasteiger partial charge in [-0.25, -0.2) is 4.68 Å². The van der Waals surface area contributed by atoms with Gasteiger partial charge in [0.2, 0.25) is 5.95 Å². The number of benzene rings is 1. The molecule has 160 valence electrons. The molecule has 4 heterocycles. The van der Waals surface area contributed by atoms with E-state index in [2.05, 4.69) is 25.5 Å². The second kappa shape index (κ2) is 7.34. The molecule has 0 saturated carbocycles. The van der Waals surface area contributed by atoms with Crippen molar-refractivity contribution in [3.05, 3.63) is 81.8 Å². The standard InChI is InChI=1S/C22H19N7O3/c1-12-6-7-16(13(2)9-12)28-19-15(11-23-28)20(30)26-22(25-19)29-18(10-14(3)27-29)24-21(31)17-5-4-8-32-17/h4-11H,1-3H3,(H,24,31)(H,25,26,30). The summed E-state index contributed by atoms with van der Waals surface area (Å²) in [5.41, 5.74) is 3.59. The summed E-state index contributed by atoms with van der Waals surface area (Å²) in [5, 5.41) is 11.9. The third kappa shape index (κ3) is 3.27. The first kappa shape index (κ1) is 19.5. The van der Waals surface area contributed by atoms with Crippen molar-refractivity contribution in [2.24, 2.45) is 0 Å². The molecule has 4 aromatic heterocycles. The number of carbonyl (C=O) groups excluding carboxylic acids is 1. The number of rotatable bonds is 4. The van der Waals surface area contributed by atoms with E-state index in [4.69, 9.17) is 4.42 Å². The van der Waals surface area contributed by atoms with Crippen molar-refractivity contribution >= 4 is 22.8 Å². The molecule has 1 amide bonds. The highest BCUT2D eigenvalue weighted by Crippen LogP contribution is 2.21. The van der Waals surface area contributed by atoms with Crippen molar-refractivity contribution in [3.63, 3.8) is 0 Å². The van der Waals surface area contributed by atoms with Crippen LogP contribution in [0.25, 0.3) is 22.7 Å². The summed E-state index contributed by atoms with van der Waals surface area (Å²) in [4.78, 5) is 32.6. The first-order valence-corrected chi connectivity index (χ1v) is 9.88. The van der Waals surface area contributed by atoms with Gasteiger partial charge in [-0.3, -0.25) is 14.6 Å². The van der Waals surface area contributed by atoms with Crippen LogP contribution in [0.3, 0.4) is 0 Å². The van der Waals surface area contributed by atoms with Crippen LogP contribution in [-0.2, 0) is 0 Å². The number of fused-ring (bicyclic) bond motifs is 1. The predicted molar refractivity (Wildman–Crippen MR) is 117 cm³/mol. The van der Waals surface area contributed by atoms with Crippen molar-refractivity contribution in [3.8, 4) is 11.6 Å². The van der Waals surface area contributed by atoms with Crippen molar-refractivity contribution in [1.82, 2.24) is 29.5 Å². The molecule has 0 fully saturated rings. The number of hydrogen-bond acceptors (Lipinski definition) is 6. The zero-order valence-electron chi connectivity index (χ0n) is 17.6. The van der Waals surface area contributed by atoms with Gasteiger partial charge in [-0.2, -0.15) is 19.9 Å². The number of furan rings is 1. The number of amides is 1. The highest BCUT2D eigenvalue weighted by Gasteiger charge is 2.18. The summed E-state index contributed by atoms with van der Waals surface area (Å²) in [6.45, 7) is 5.76. The number of H-pyrrole nitrogens is 1. The number of aromatic amines is 1. The maximum Gasteiger partial charge on any atom is 0.292 e. The molecule has 1 aromatic carbocycles. The van der Waals surface area contributed by atoms with Gasteiger partial charge in [-0.15, -0.1) is 0 Å². The van der Waals surface area contributed by atoms with Gasteiger partial charge in [0.15, 0.2) is 11.4 Å². The summed E-state index contributed by atoms with van der Waals surface area (Å²) < 4.78 is 8.14. The molecule has 0 saturated heterocycles. The fourth-order valence-corrected chi connectivity index (χ4v) is 3.56. The summed E-state index contributed by atoms with van der Waals surface area (Å²) in [7, 11) is 0. The SMILES string of the molecule is Cc1ccc(-n2ncc3c(=O)[nH]c(-n4nc(C)cc4NC(=O)c4ccco4)nc32)c(C)c1. The zero-order valence-corrected chi connectivity index (χ0v) is 17.6. The fourth-order valence-electron chi connectivity index (χ4n) is 3.56. The number of hydrogen-bond donors (Lipinski definition) is 2. The van der Waals surface area contributed by atoms with Crippen LogP contribution < -0.4 is 10.9 Å². The molecule has 2 N–H and O–H groups in total. The van der Waals surface area contributed by atoms with Crippen LogP contribution in [0.2, 0.25) is 0 Å². The van der Waals surface area contributed by atoms with Crippen molar-refractivity contribution in [2.75, 3.05) is 5.32 Å². The number of aryl methyl sites for hydroxylation is 3. The van der Waals surface area contributed by atoms with Gasteiger partial charge in [0.25, 0.3) is 11.5 Å². The number of anilines is 1. The second-order valence-electron chi connectivity index (χ2n) is 7.49. The number of aromatic nitrogens is 6. The fraction of sp³-hybridized carbons (Fsp3) is 0.136. The molecule has 0 atom stereocenters. The van der Waals surface area contributed by atoms with E-state index in [0.29, 0.717) is 22.5 Å². The third-order valence-electron chi connectivity index (χ3n) is 5.02. The lowest BCUT2D eigenvalue weighted by Gasteiger charge is -2.10. The molecule has 5 aromatic rings. The van der Waals surface area contributed by atoms with E-state index in [-0.39, 0.29) is 17.3 Å². The maximum absolute atomic E-state index is 12.8. The third-order valence-corrected chi connectivity index (χ3v) is 5.02. The summed E-state index contributed by atoms with van der Waals surface area (Å²) in [6, 6.07) is 10.8. The van der Waals surface area contributed by atoms with Gasteiger partial charge in [0.1, 0.15) is 11.2 Å². The summed E-state index contributed by atoms with van der Waals surface area (Å²) in [6.07, 6.45) is 2.90. The van der Waals surface area contributed by atoms with E-state index in [9.17, 15) is 9.59 Å². The second-order valence-corrected chi connectivity index (χ2v) is 7.49. The normalized spacial score (nSPS) is 11.2. The number of nitrogens with zero attached hydrogens (tertiary/aromatic N) is 5. The van der Waals surface area contributed by atoms with Gasteiger partial charge in [-0.05, 0) is 44.5 Å². The average molecular weight is 429 g/mol. The molecule has 32 heavy (non-hydrogen) atoms. The largest absolute Gasteiger partial charge is 0.459 e.